The minimum absolute atomic E-state index is 0.0167. The molecule has 0 unspecified atom stereocenters. The summed E-state index contributed by atoms with van der Waals surface area (Å²) in [6.45, 7) is -1.46. The quantitative estimate of drug-likeness (QED) is 0.300. The van der Waals surface area contributed by atoms with Crippen LogP contribution in [0.25, 0.3) is 17.1 Å². The molecule has 0 saturated heterocycles. The average Bonchev–Trinajstić information content (AvgIpc) is 3.26. The average molecular weight is 600 g/mol. The predicted octanol–water partition coefficient (Wildman–Crippen LogP) is 3.41. The van der Waals surface area contributed by atoms with Crippen molar-refractivity contribution in [2.75, 3.05) is 0 Å². The second-order valence-corrected chi connectivity index (χ2v) is 9.86. The maximum absolute atomic E-state index is 13.3. The third kappa shape index (κ3) is 5.74. The van der Waals surface area contributed by atoms with E-state index in [1.165, 1.54) is 53.5 Å². The van der Waals surface area contributed by atoms with Crippen molar-refractivity contribution in [3.05, 3.63) is 80.7 Å². The lowest BCUT2D eigenvalue weighted by molar-refractivity contribution is -0.207. The highest BCUT2D eigenvalue weighted by Gasteiger charge is 2.40. The van der Waals surface area contributed by atoms with Gasteiger partial charge in [-0.05, 0) is 36.4 Å². The van der Waals surface area contributed by atoms with E-state index in [2.05, 4.69) is 20.5 Å². The van der Waals surface area contributed by atoms with Gasteiger partial charge in [-0.3, -0.25) is 9.36 Å². The molecule has 2 aromatic heterocycles. The van der Waals surface area contributed by atoms with Crippen LogP contribution < -0.4 is 11.0 Å². The van der Waals surface area contributed by atoms with Crippen LogP contribution in [0, 0.1) is 0 Å². The minimum Gasteiger partial charge on any atom is -0.382 e. The first-order valence-electron chi connectivity index (χ1n) is 11.7. The van der Waals surface area contributed by atoms with Crippen LogP contribution in [0.15, 0.2) is 53.6 Å². The van der Waals surface area contributed by atoms with Crippen LogP contribution in [-0.2, 0) is 13.1 Å². The largest absolute Gasteiger partial charge is 0.416 e. The molecule has 16 heteroatoms. The Kier molecular flexibility index (Phi) is 7.42. The van der Waals surface area contributed by atoms with Crippen molar-refractivity contribution in [2.24, 2.45) is 0 Å². The SMILES string of the molecule is O=C(N[C@H]1C[C@H]1F)c1cccc(Cl)c1-n1cnc(Cn2nc(-c3ccc(Cl)cc3)n(C[C@H](O)C(F)(F)F)c2=O)n1. The van der Waals surface area contributed by atoms with Gasteiger partial charge in [-0.1, -0.05) is 29.3 Å². The third-order valence-corrected chi connectivity index (χ3v) is 6.64. The van der Waals surface area contributed by atoms with Crippen LogP contribution >= 0.6 is 23.2 Å². The van der Waals surface area contributed by atoms with Gasteiger partial charge in [-0.2, -0.15) is 13.2 Å². The van der Waals surface area contributed by atoms with E-state index in [4.69, 9.17) is 23.2 Å². The summed E-state index contributed by atoms with van der Waals surface area (Å²) in [5.74, 6) is -0.686. The van der Waals surface area contributed by atoms with Gasteiger partial charge in [0, 0.05) is 17.0 Å². The van der Waals surface area contributed by atoms with Crippen LogP contribution in [-0.4, -0.2) is 64.6 Å². The number of halogens is 6. The maximum atomic E-state index is 13.3. The molecule has 2 N–H and O–H groups in total. The fourth-order valence-corrected chi connectivity index (χ4v) is 4.29. The molecule has 5 rings (SSSR count). The van der Waals surface area contributed by atoms with Crippen LogP contribution in [0.2, 0.25) is 10.0 Å². The molecule has 0 spiro atoms. The van der Waals surface area contributed by atoms with Gasteiger partial charge < -0.3 is 10.4 Å². The van der Waals surface area contributed by atoms with Gasteiger partial charge in [0.15, 0.2) is 17.8 Å². The smallest absolute Gasteiger partial charge is 0.382 e. The maximum Gasteiger partial charge on any atom is 0.416 e. The van der Waals surface area contributed by atoms with Crippen LogP contribution in [0.1, 0.15) is 22.6 Å². The molecule has 0 radical (unpaired) electrons. The summed E-state index contributed by atoms with van der Waals surface area (Å²) in [5, 5.41) is 21.1. The molecule has 10 nitrogen and oxygen atoms in total. The van der Waals surface area contributed by atoms with Crippen molar-refractivity contribution in [3.8, 4) is 17.1 Å². The van der Waals surface area contributed by atoms with Crippen LogP contribution in [0.4, 0.5) is 17.6 Å². The molecular formula is C24H19Cl2F4N7O3. The minimum atomic E-state index is -4.97. The summed E-state index contributed by atoms with van der Waals surface area (Å²) in [5.41, 5.74) is -0.404. The molecule has 3 atom stereocenters. The molecule has 0 bridgehead atoms. The fraction of sp³-hybridized carbons (Fsp3) is 0.292. The number of aliphatic hydroxyl groups excluding tert-OH is 1. The summed E-state index contributed by atoms with van der Waals surface area (Å²) >= 11 is 12.2. The number of amides is 1. The molecule has 1 aliphatic carbocycles. The molecular weight excluding hydrogens is 581 g/mol. The van der Waals surface area contributed by atoms with E-state index < -0.39 is 42.6 Å². The van der Waals surface area contributed by atoms with Gasteiger partial charge in [0.2, 0.25) is 0 Å². The lowest BCUT2D eigenvalue weighted by Crippen LogP contribution is -2.37. The number of benzene rings is 2. The van der Waals surface area contributed by atoms with E-state index in [0.29, 0.717) is 9.59 Å². The molecule has 40 heavy (non-hydrogen) atoms. The number of hydrogen-bond acceptors (Lipinski definition) is 6. The number of nitrogens with zero attached hydrogens (tertiary/aromatic N) is 6. The fourth-order valence-electron chi connectivity index (χ4n) is 3.90. The summed E-state index contributed by atoms with van der Waals surface area (Å²) < 4.78 is 55.3. The van der Waals surface area contributed by atoms with Gasteiger partial charge in [-0.25, -0.2) is 23.5 Å². The predicted molar refractivity (Wildman–Crippen MR) is 135 cm³/mol. The van der Waals surface area contributed by atoms with Gasteiger partial charge >= 0.3 is 11.9 Å². The third-order valence-electron chi connectivity index (χ3n) is 6.08. The van der Waals surface area contributed by atoms with Crippen molar-refractivity contribution >= 4 is 29.1 Å². The Morgan fingerprint density at radius 3 is 2.50 bits per heavy atom. The van der Waals surface area contributed by atoms with Crippen LogP contribution in [0.5, 0.6) is 0 Å². The van der Waals surface area contributed by atoms with Crippen molar-refractivity contribution in [1.82, 2.24) is 34.4 Å². The van der Waals surface area contributed by atoms with Crippen molar-refractivity contribution < 1.29 is 27.5 Å². The summed E-state index contributed by atoms with van der Waals surface area (Å²) in [6, 6.07) is 9.83. The number of para-hydroxylation sites is 1. The number of carbonyl (C=O) groups is 1. The zero-order valence-electron chi connectivity index (χ0n) is 20.2. The number of alkyl halides is 4. The van der Waals surface area contributed by atoms with Crippen molar-refractivity contribution in [2.45, 2.75) is 44.0 Å². The first-order valence-corrected chi connectivity index (χ1v) is 12.5. The van der Waals surface area contributed by atoms with E-state index in [1.807, 2.05) is 0 Å². The molecule has 0 aliphatic heterocycles. The van der Waals surface area contributed by atoms with E-state index >= 15 is 0 Å². The second-order valence-electron chi connectivity index (χ2n) is 9.01. The summed E-state index contributed by atoms with van der Waals surface area (Å²) in [6.07, 6.45) is -7.45. The van der Waals surface area contributed by atoms with Crippen LogP contribution in [0.3, 0.4) is 0 Å². The molecule has 1 amide bonds. The second kappa shape index (κ2) is 10.7. The summed E-state index contributed by atoms with van der Waals surface area (Å²) in [4.78, 5) is 29.9. The molecule has 1 aliphatic rings. The van der Waals surface area contributed by atoms with E-state index in [0.717, 1.165) is 4.68 Å². The van der Waals surface area contributed by atoms with Gasteiger partial charge in [-0.15, -0.1) is 10.2 Å². The molecule has 4 aromatic rings. The molecule has 2 heterocycles. The van der Waals surface area contributed by atoms with Gasteiger partial charge in [0.25, 0.3) is 5.91 Å². The van der Waals surface area contributed by atoms with Gasteiger partial charge in [0.1, 0.15) is 19.0 Å². The number of aliphatic hydroxyl groups is 1. The monoisotopic (exact) mass is 599 g/mol. The zero-order valence-corrected chi connectivity index (χ0v) is 21.7. The normalized spacial score (nSPS) is 17.6. The Bertz CT molecular complexity index is 1620. The molecule has 1 saturated carbocycles. The molecule has 1 fully saturated rings. The Labute approximate surface area is 232 Å². The Morgan fingerprint density at radius 1 is 1.15 bits per heavy atom. The van der Waals surface area contributed by atoms with Crippen molar-refractivity contribution in [1.29, 1.82) is 0 Å². The van der Waals surface area contributed by atoms with E-state index in [9.17, 15) is 32.3 Å². The Hall–Kier alpha value is -3.75. The molecule has 2 aromatic carbocycles. The highest BCUT2D eigenvalue weighted by Crippen LogP contribution is 2.28. The Morgan fingerprint density at radius 2 is 1.85 bits per heavy atom. The standard InChI is InChI=1S/C24H19Cl2F4N7O3/c25-13-6-4-12(5-7-13)21-34-36(23(40)35(21)9-18(38)24(28,29)30)10-19-31-11-37(33-19)20-14(2-1-3-15(20)26)22(39)32-17-8-16(17)27/h1-7,11,16-18,38H,8-10H2,(H,32,39)/t16-,17+,18+/m1/s1. The number of nitrogens with one attached hydrogen (secondary N) is 1. The molecule has 210 valence electrons. The number of hydrogen-bond donors (Lipinski definition) is 2. The topological polar surface area (TPSA) is 120 Å². The first-order chi connectivity index (χ1) is 18.9. The number of rotatable bonds is 8. The number of aromatic nitrogens is 6. The highest BCUT2D eigenvalue weighted by atomic mass is 35.5. The van der Waals surface area contributed by atoms with Crippen molar-refractivity contribution in [3.63, 3.8) is 0 Å². The first kappa shape index (κ1) is 27.8. The van der Waals surface area contributed by atoms with E-state index in [-0.39, 0.29) is 46.5 Å². The van der Waals surface area contributed by atoms with Gasteiger partial charge in [0.05, 0.1) is 28.9 Å². The zero-order chi connectivity index (χ0) is 28.8. The summed E-state index contributed by atoms with van der Waals surface area (Å²) in [7, 11) is 0. The van der Waals surface area contributed by atoms with E-state index in [1.54, 1.807) is 0 Å². The Balaban J connectivity index is 1.47. The lowest BCUT2D eigenvalue weighted by atomic mass is 10.1. The lowest BCUT2D eigenvalue weighted by Gasteiger charge is -2.15. The number of carbonyl (C=O) groups excluding carboxylic acids is 1. The highest BCUT2D eigenvalue weighted by molar-refractivity contribution is 6.33.